The number of fused-ring (bicyclic) bond motifs is 4. The molecule has 1 amide bonds. The van der Waals surface area contributed by atoms with Crippen molar-refractivity contribution >= 4 is 5.91 Å². The minimum absolute atomic E-state index is 0.100. The highest BCUT2D eigenvalue weighted by Gasteiger charge is 2.53. The Hall–Kier alpha value is -2.88. The van der Waals surface area contributed by atoms with Gasteiger partial charge in [-0.1, -0.05) is 31.5 Å². The van der Waals surface area contributed by atoms with Gasteiger partial charge in [-0.25, -0.2) is 0 Å². The van der Waals surface area contributed by atoms with Crippen molar-refractivity contribution in [3.8, 4) is 16.8 Å². The average molecular weight is 357 g/mol. The third-order valence-corrected chi connectivity index (χ3v) is 6.08. The number of carbonyl (C=O) groups is 1. The summed E-state index contributed by atoms with van der Waals surface area (Å²) in [6, 6.07) is 14.7. The molecule has 1 spiro atoms. The van der Waals surface area contributed by atoms with Crippen molar-refractivity contribution in [1.29, 1.82) is 0 Å². The highest BCUT2D eigenvalue weighted by Crippen LogP contribution is 2.54. The first-order valence-electron chi connectivity index (χ1n) is 9.70. The summed E-state index contributed by atoms with van der Waals surface area (Å²) in [6.45, 7) is 2.18. The number of amides is 1. The third kappa shape index (κ3) is 2.29. The topological polar surface area (TPSA) is 38.1 Å². The molecule has 2 aromatic heterocycles. The van der Waals surface area contributed by atoms with Crippen molar-refractivity contribution < 1.29 is 4.79 Å². The van der Waals surface area contributed by atoms with Crippen LogP contribution in [0.25, 0.3) is 16.8 Å². The summed E-state index contributed by atoms with van der Waals surface area (Å²) in [5.74, 6) is 0.100. The van der Waals surface area contributed by atoms with Gasteiger partial charge in [0, 0.05) is 36.3 Å². The summed E-state index contributed by atoms with van der Waals surface area (Å²) in [6.07, 6.45) is 7.96. The van der Waals surface area contributed by atoms with Gasteiger partial charge in [0.2, 0.25) is 0 Å². The Morgan fingerprint density at radius 1 is 1.15 bits per heavy atom. The molecule has 27 heavy (non-hydrogen) atoms. The van der Waals surface area contributed by atoms with Crippen LogP contribution in [0.3, 0.4) is 0 Å². The molecule has 1 aromatic carbocycles. The highest BCUT2D eigenvalue weighted by molar-refractivity contribution is 5.95. The summed E-state index contributed by atoms with van der Waals surface area (Å²) >= 11 is 0. The minimum atomic E-state index is -0.148. The number of rotatable bonds is 3. The number of pyridine rings is 1. The molecule has 0 N–H and O–H groups in total. The van der Waals surface area contributed by atoms with Crippen molar-refractivity contribution in [3.63, 3.8) is 0 Å². The molecule has 0 unspecified atom stereocenters. The predicted molar refractivity (Wildman–Crippen MR) is 106 cm³/mol. The molecule has 2 aliphatic rings. The number of hydrogen-bond donors (Lipinski definition) is 0. The molecule has 5 rings (SSSR count). The molecule has 136 valence electrons. The van der Waals surface area contributed by atoms with E-state index in [2.05, 4.69) is 40.7 Å². The lowest BCUT2D eigenvalue weighted by Crippen LogP contribution is -2.36. The van der Waals surface area contributed by atoms with Gasteiger partial charge in [0.05, 0.1) is 11.2 Å². The molecule has 3 aromatic rings. The van der Waals surface area contributed by atoms with Crippen LogP contribution in [0.5, 0.6) is 0 Å². The van der Waals surface area contributed by atoms with Gasteiger partial charge in [0.15, 0.2) is 0 Å². The number of aromatic nitrogens is 2. The van der Waals surface area contributed by atoms with Gasteiger partial charge in [0.1, 0.15) is 5.69 Å². The van der Waals surface area contributed by atoms with Gasteiger partial charge >= 0.3 is 0 Å². The number of carbonyl (C=O) groups excluding carboxylic acids is 1. The molecule has 1 aliphatic heterocycles. The van der Waals surface area contributed by atoms with Crippen molar-refractivity contribution in [2.45, 2.75) is 38.1 Å². The molecule has 1 saturated carbocycles. The molecule has 1 aliphatic carbocycles. The van der Waals surface area contributed by atoms with Crippen molar-refractivity contribution in [3.05, 3.63) is 71.8 Å². The maximum absolute atomic E-state index is 13.0. The molecule has 4 nitrogen and oxygen atoms in total. The Labute approximate surface area is 159 Å². The fraction of sp³-hybridized carbons (Fsp3) is 0.304. The van der Waals surface area contributed by atoms with E-state index in [-0.39, 0.29) is 11.4 Å². The van der Waals surface area contributed by atoms with E-state index < -0.39 is 0 Å². The Bertz CT molecular complexity index is 1050. The quantitative estimate of drug-likeness (QED) is 0.689. The van der Waals surface area contributed by atoms with Crippen molar-refractivity contribution in [2.24, 2.45) is 0 Å². The first kappa shape index (κ1) is 16.3. The van der Waals surface area contributed by atoms with Gasteiger partial charge in [0.25, 0.3) is 5.91 Å². The van der Waals surface area contributed by atoms with E-state index in [1.807, 2.05) is 42.5 Å². The number of hydrogen-bond acceptors (Lipinski definition) is 2. The van der Waals surface area contributed by atoms with Crippen LogP contribution in [0.1, 0.15) is 47.9 Å². The van der Waals surface area contributed by atoms with Crippen LogP contribution in [0.4, 0.5) is 0 Å². The fourth-order valence-corrected chi connectivity index (χ4v) is 4.46. The molecule has 0 radical (unpaired) electrons. The second-order valence-electron chi connectivity index (χ2n) is 7.64. The summed E-state index contributed by atoms with van der Waals surface area (Å²) in [5.41, 5.74) is 6.44. The fourth-order valence-electron chi connectivity index (χ4n) is 4.46. The Kier molecular flexibility index (Phi) is 3.51. The van der Waals surface area contributed by atoms with Crippen LogP contribution in [0.15, 0.2) is 54.9 Å². The molecule has 0 atom stereocenters. The van der Waals surface area contributed by atoms with Crippen LogP contribution in [-0.2, 0) is 12.0 Å². The zero-order chi connectivity index (χ0) is 18.6. The standard InChI is InChI=1S/C23H23N3O/c1-3-6-19-17(7-4-13-24-19)16-9-10-18-21(15-16)26-14-5-8-20(26)22(27)25(2)23(18)11-12-23/h4-5,7-10,13-15H,3,6,11-12H2,1-2H3. The Morgan fingerprint density at radius 3 is 2.78 bits per heavy atom. The van der Waals surface area contributed by atoms with Crippen LogP contribution in [-0.4, -0.2) is 27.4 Å². The van der Waals surface area contributed by atoms with Gasteiger partial charge in [-0.3, -0.25) is 9.78 Å². The smallest absolute Gasteiger partial charge is 0.271 e. The van der Waals surface area contributed by atoms with E-state index in [1.165, 1.54) is 11.1 Å². The van der Waals surface area contributed by atoms with Crippen molar-refractivity contribution in [2.75, 3.05) is 7.05 Å². The summed E-state index contributed by atoms with van der Waals surface area (Å²) in [4.78, 5) is 19.6. The Morgan fingerprint density at radius 2 is 2.00 bits per heavy atom. The molecule has 1 fully saturated rings. The lowest BCUT2D eigenvalue weighted by atomic mass is 9.95. The summed E-state index contributed by atoms with van der Waals surface area (Å²) in [5, 5.41) is 0. The van der Waals surface area contributed by atoms with E-state index in [0.717, 1.165) is 48.3 Å². The second kappa shape index (κ2) is 5.81. The van der Waals surface area contributed by atoms with Gasteiger partial charge in [-0.2, -0.15) is 0 Å². The first-order chi connectivity index (χ1) is 13.2. The maximum Gasteiger partial charge on any atom is 0.271 e. The molecular weight excluding hydrogens is 334 g/mol. The lowest BCUT2D eigenvalue weighted by Gasteiger charge is -2.27. The summed E-state index contributed by atoms with van der Waals surface area (Å²) in [7, 11) is 1.94. The normalized spacial score (nSPS) is 16.8. The zero-order valence-corrected chi connectivity index (χ0v) is 15.8. The zero-order valence-electron chi connectivity index (χ0n) is 15.8. The number of aryl methyl sites for hydroxylation is 1. The molecule has 0 bridgehead atoms. The van der Waals surface area contributed by atoms with Crippen molar-refractivity contribution in [1.82, 2.24) is 14.5 Å². The van der Waals surface area contributed by atoms with Gasteiger partial charge in [-0.05, 0) is 49.1 Å². The monoisotopic (exact) mass is 357 g/mol. The predicted octanol–water partition coefficient (Wildman–Crippen LogP) is 4.57. The van der Waals surface area contributed by atoms with E-state index in [1.54, 1.807) is 0 Å². The van der Waals surface area contributed by atoms with E-state index in [0.29, 0.717) is 0 Å². The highest BCUT2D eigenvalue weighted by atomic mass is 16.2. The largest absolute Gasteiger partial charge is 0.331 e. The van der Waals surface area contributed by atoms with Crippen LogP contribution < -0.4 is 0 Å². The molecule has 0 saturated heterocycles. The second-order valence-corrected chi connectivity index (χ2v) is 7.64. The van der Waals surface area contributed by atoms with E-state index in [9.17, 15) is 4.79 Å². The van der Waals surface area contributed by atoms with Crippen LogP contribution >= 0.6 is 0 Å². The third-order valence-electron chi connectivity index (χ3n) is 6.08. The lowest BCUT2D eigenvalue weighted by molar-refractivity contribution is 0.0705. The van der Waals surface area contributed by atoms with Gasteiger partial charge in [-0.15, -0.1) is 0 Å². The van der Waals surface area contributed by atoms with Crippen LogP contribution in [0.2, 0.25) is 0 Å². The van der Waals surface area contributed by atoms with Crippen LogP contribution in [0, 0.1) is 0 Å². The summed E-state index contributed by atoms with van der Waals surface area (Å²) < 4.78 is 2.06. The molecule has 4 heteroatoms. The maximum atomic E-state index is 13.0. The first-order valence-corrected chi connectivity index (χ1v) is 9.70. The average Bonchev–Trinajstić information content (AvgIpc) is 3.37. The van der Waals surface area contributed by atoms with E-state index in [4.69, 9.17) is 0 Å². The number of nitrogens with zero attached hydrogens (tertiary/aromatic N) is 3. The Balaban J connectivity index is 1.74. The molecular formula is C23H23N3O. The SMILES string of the molecule is CCCc1ncccc1-c1ccc2c(c1)-n1cccc1C(=O)N(C)C21CC1. The van der Waals surface area contributed by atoms with E-state index >= 15 is 0 Å². The number of benzene rings is 1. The minimum Gasteiger partial charge on any atom is -0.331 e. The van der Waals surface area contributed by atoms with Gasteiger partial charge < -0.3 is 9.47 Å². The molecule has 3 heterocycles.